The van der Waals surface area contributed by atoms with Crippen LogP contribution in [0.15, 0.2) is 91.4 Å². The molecule has 0 spiro atoms. The number of pyridine rings is 2. The molecule has 1 saturated carbocycles. The van der Waals surface area contributed by atoms with Crippen molar-refractivity contribution >= 4 is 28.5 Å². The van der Waals surface area contributed by atoms with Crippen molar-refractivity contribution in [2.24, 2.45) is 0 Å². The van der Waals surface area contributed by atoms with Crippen LogP contribution in [-0.4, -0.2) is 37.6 Å². The lowest BCUT2D eigenvalue weighted by molar-refractivity contribution is 0.0950. The molecule has 6 rings (SSSR count). The van der Waals surface area contributed by atoms with Crippen molar-refractivity contribution in [3.05, 3.63) is 108 Å². The summed E-state index contributed by atoms with van der Waals surface area (Å²) >= 11 is 0. The van der Waals surface area contributed by atoms with E-state index in [9.17, 15) is 9.59 Å². The van der Waals surface area contributed by atoms with E-state index in [-0.39, 0.29) is 11.8 Å². The van der Waals surface area contributed by atoms with E-state index in [4.69, 9.17) is 4.98 Å². The number of hydrogen-bond acceptors (Lipinski definition) is 5. The van der Waals surface area contributed by atoms with Gasteiger partial charge in [-0.2, -0.15) is 5.10 Å². The topological polar surface area (TPSA) is 102 Å². The first-order valence-corrected chi connectivity index (χ1v) is 12.2. The minimum absolute atomic E-state index is 0.0923. The lowest BCUT2D eigenvalue weighted by atomic mass is 10.1. The maximum atomic E-state index is 13.5. The van der Waals surface area contributed by atoms with E-state index in [1.54, 1.807) is 53.6 Å². The molecule has 1 aliphatic rings. The predicted molar refractivity (Wildman–Crippen MR) is 141 cm³/mol. The summed E-state index contributed by atoms with van der Waals surface area (Å²) in [6.45, 7) is 0.503. The van der Waals surface area contributed by atoms with Crippen LogP contribution in [0.3, 0.4) is 0 Å². The number of carbonyl (C=O) groups is 2. The van der Waals surface area contributed by atoms with Gasteiger partial charge in [0.05, 0.1) is 29.4 Å². The van der Waals surface area contributed by atoms with Crippen molar-refractivity contribution in [2.75, 3.05) is 5.32 Å². The van der Waals surface area contributed by atoms with Crippen molar-refractivity contribution in [3.8, 4) is 11.3 Å². The maximum absolute atomic E-state index is 13.5. The summed E-state index contributed by atoms with van der Waals surface area (Å²) in [5.41, 5.74) is 4.88. The van der Waals surface area contributed by atoms with Crippen molar-refractivity contribution < 1.29 is 9.59 Å². The highest BCUT2D eigenvalue weighted by Crippen LogP contribution is 2.26. The summed E-state index contributed by atoms with van der Waals surface area (Å²) in [5, 5.41) is 11.1. The standard InChI is InChI=1S/C29H24N6O2/c36-28(32-23-10-11-23)21-6-8-22(9-7-21)33-29(37)24-16-26(20-4-2-1-3-5-20)34-27-25(24)17-31-35(27)18-19-12-14-30-15-13-19/h1-9,12-17,23H,10-11,18H2,(H,32,36)(H,33,37). The van der Waals surface area contributed by atoms with Gasteiger partial charge in [-0.3, -0.25) is 14.6 Å². The molecule has 2 amide bonds. The molecule has 0 radical (unpaired) electrons. The Morgan fingerprint density at radius 2 is 1.68 bits per heavy atom. The molecule has 8 nitrogen and oxygen atoms in total. The fourth-order valence-corrected chi connectivity index (χ4v) is 4.17. The Balaban J connectivity index is 1.33. The number of nitrogens with one attached hydrogen (secondary N) is 2. The highest BCUT2D eigenvalue weighted by Gasteiger charge is 2.24. The van der Waals surface area contributed by atoms with Gasteiger partial charge in [-0.1, -0.05) is 30.3 Å². The number of rotatable bonds is 7. The van der Waals surface area contributed by atoms with Gasteiger partial charge in [0.2, 0.25) is 0 Å². The molecule has 37 heavy (non-hydrogen) atoms. The molecule has 2 aromatic carbocycles. The largest absolute Gasteiger partial charge is 0.349 e. The molecule has 8 heteroatoms. The molecular weight excluding hydrogens is 464 g/mol. The molecule has 0 unspecified atom stereocenters. The Morgan fingerprint density at radius 3 is 2.41 bits per heavy atom. The molecule has 3 heterocycles. The number of fused-ring (bicyclic) bond motifs is 1. The van der Waals surface area contributed by atoms with Gasteiger partial charge in [-0.15, -0.1) is 0 Å². The molecular formula is C29H24N6O2. The van der Waals surface area contributed by atoms with Gasteiger partial charge in [0, 0.05) is 35.2 Å². The van der Waals surface area contributed by atoms with Gasteiger partial charge in [-0.05, 0) is 60.9 Å². The molecule has 1 fully saturated rings. The van der Waals surface area contributed by atoms with E-state index in [0.29, 0.717) is 46.1 Å². The molecule has 5 aromatic rings. The Morgan fingerprint density at radius 1 is 0.919 bits per heavy atom. The highest BCUT2D eigenvalue weighted by molar-refractivity contribution is 6.12. The summed E-state index contributed by atoms with van der Waals surface area (Å²) in [6.07, 6.45) is 7.22. The maximum Gasteiger partial charge on any atom is 0.256 e. The zero-order chi connectivity index (χ0) is 25.2. The average molecular weight is 489 g/mol. The van der Waals surface area contributed by atoms with E-state index in [1.807, 2.05) is 42.5 Å². The minimum Gasteiger partial charge on any atom is -0.349 e. The molecule has 0 atom stereocenters. The van der Waals surface area contributed by atoms with Gasteiger partial charge < -0.3 is 10.6 Å². The zero-order valence-electron chi connectivity index (χ0n) is 20.0. The third-order valence-electron chi connectivity index (χ3n) is 6.32. The van der Waals surface area contributed by atoms with Crippen LogP contribution in [0.4, 0.5) is 5.69 Å². The molecule has 0 aliphatic heterocycles. The number of carbonyl (C=O) groups excluding carboxylic acids is 2. The number of benzene rings is 2. The van der Waals surface area contributed by atoms with Gasteiger partial charge in [0.15, 0.2) is 5.65 Å². The van der Waals surface area contributed by atoms with E-state index < -0.39 is 0 Å². The first kappa shape index (κ1) is 22.6. The van der Waals surface area contributed by atoms with Gasteiger partial charge in [0.1, 0.15) is 0 Å². The van der Waals surface area contributed by atoms with E-state index >= 15 is 0 Å². The van der Waals surface area contributed by atoms with Gasteiger partial charge in [0.25, 0.3) is 11.8 Å². The number of nitrogens with zero attached hydrogens (tertiary/aromatic N) is 4. The SMILES string of the molecule is O=C(NC1CC1)c1ccc(NC(=O)c2cc(-c3ccccc3)nc3c2cnn3Cc2ccncc2)cc1. The number of hydrogen-bond donors (Lipinski definition) is 2. The summed E-state index contributed by atoms with van der Waals surface area (Å²) in [7, 11) is 0. The summed E-state index contributed by atoms with van der Waals surface area (Å²) in [4.78, 5) is 34.7. The smallest absolute Gasteiger partial charge is 0.256 e. The van der Waals surface area contributed by atoms with Crippen LogP contribution < -0.4 is 10.6 Å². The first-order chi connectivity index (χ1) is 18.1. The van der Waals surface area contributed by atoms with Crippen molar-refractivity contribution in [2.45, 2.75) is 25.4 Å². The second-order valence-corrected chi connectivity index (χ2v) is 9.10. The molecule has 0 bridgehead atoms. The Hall–Kier alpha value is -4.85. The van der Waals surface area contributed by atoms with E-state index in [1.165, 1.54) is 0 Å². The minimum atomic E-state index is -0.275. The number of aromatic nitrogens is 4. The van der Waals surface area contributed by atoms with Crippen LogP contribution in [0.1, 0.15) is 39.1 Å². The lowest BCUT2D eigenvalue weighted by Gasteiger charge is -2.11. The molecule has 1 aliphatic carbocycles. The van der Waals surface area contributed by atoms with E-state index in [2.05, 4.69) is 20.7 Å². The Labute approximate surface area is 213 Å². The lowest BCUT2D eigenvalue weighted by Crippen LogP contribution is -2.25. The average Bonchev–Trinajstić information content (AvgIpc) is 3.67. The summed E-state index contributed by atoms with van der Waals surface area (Å²) in [6, 6.07) is 22.6. The predicted octanol–water partition coefficient (Wildman–Crippen LogP) is 4.69. The quantitative estimate of drug-likeness (QED) is 0.346. The normalized spacial score (nSPS) is 12.9. The molecule has 3 aromatic heterocycles. The van der Waals surface area contributed by atoms with Crippen molar-refractivity contribution in [1.82, 2.24) is 25.1 Å². The van der Waals surface area contributed by atoms with Crippen LogP contribution in [0, 0.1) is 0 Å². The third-order valence-corrected chi connectivity index (χ3v) is 6.32. The zero-order valence-corrected chi connectivity index (χ0v) is 20.0. The van der Waals surface area contributed by atoms with Crippen molar-refractivity contribution in [1.29, 1.82) is 0 Å². The number of anilines is 1. The fourth-order valence-electron chi connectivity index (χ4n) is 4.17. The Kier molecular flexibility index (Phi) is 5.90. The fraction of sp³-hybridized carbons (Fsp3) is 0.138. The van der Waals surface area contributed by atoms with Crippen LogP contribution in [0.5, 0.6) is 0 Å². The summed E-state index contributed by atoms with van der Waals surface area (Å²) in [5.74, 6) is -0.367. The monoisotopic (exact) mass is 488 g/mol. The molecule has 2 N–H and O–H groups in total. The second-order valence-electron chi connectivity index (χ2n) is 9.10. The van der Waals surface area contributed by atoms with Crippen LogP contribution in [-0.2, 0) is 6.54 Å². The number of amides is 2. The molecule has 182 valence electrons. The first-order valence-electron chi connectivity index (χ1n) is 12.2. The van der Waals surface area contributed by atoms with Gasteiger partial charge in [-0.25, -0.2) is 9.67 Å². The summed E-state index contributed by atoms with van der Waals surface area (Å²) < 4.78 is 1.79. The van der Waals surface area contributed by atoms with Crippen LogP contribution in [0.25, 0.3) is 22.3 Å². The Bertz CT molecular complexity index is 1580. The molecule has 0 saturated heterocycles. The van der Waals surface area contributed by atoms with E-state index in [0.717, 1.165) is 24.0 Å². The second kappa shape index (κ2) is 9.66. The highest BCUT2D eigenvalue weighted by atomic mass is 16.2. The van der Waals surface area contributed by atoms with Gasteiger partial charge >= 0.3 is 0 Å². The van der Waals surface area contributed by atoms with Crippen LogP contribution >= 0.6 is 0 Å². The third kappa shape index (κ3) is 4.95. The van der Waals surface area contributed by atoms with Crippen molar-refractivity contribution in [3.63, 3.8) is 0 Å². The van der Waals surface area contributed by atoms with Crippen LogP contribution in [0.2, 0.25) is 0 Å².